The Morgan fingerprint density at radius 2 is 1.67 bits per heavy atom. The van der Waals surface area contributed by atoms with Crippen molar-refractivity contribution in [1.82, 2.24) is 4.90 Å². The highest BCUT2D eigenvalue weighted by Gasteiger charge is 2.28. The number of hydrogen-bond acceptors (Lipinski definition) is 4. The molecule has 0 aromatic carbocycles. The van der Waals surface area contributed by atoms with Crippen LogP contribution in [0.25, 0.3) is 0 Å². The lowest BCUT2D eigenvalue weighted by Crippen LogP contribution is -2.40. The van der Waals surface area contributed by atoms with E-state index in [1.807, 2.05) is 53.9 Å². The minimum absolute atomic E-state index is 0.0937. The molecule has 0 saturated carbocycles. The molecule has 0 radical (unpaired) electrons. The van der Waals surface area contributed by atoms with Gasteiger partial charge in [-0.25, -0.2) is 0 Å². The van der Waals surface area contributed by atoms with E-state index in [-0.39, 0.29) is 12.2 Å². The second kappa shape index (κ2) is 6.97. The molecule has 1 heterocycles. The molecule has 0 atom stereocenters. The summed E-state index contributed by atoms with van der Waals surface area (Å²) >= 11 is 0. The van der Waals surface area contributed by atoms with Gasteiger partial charge in [0.25, 0.3) is 0 Å². The number of furan rings is 1. The van der Waals surface area contributed by atoms with Crippen LogP contribution in [0.15, 0.2) is 16.5 Å². The van der Waals surface area contributed by atoms with Gasteiger partial charge in [-0.3, -0.25) is 0 Å². The minimum atomic E-state index is -0.430. The molecule has 0 aliphatic heterocycles. The van der Waals surface area contributed by atoms with Gasteiger partial charge in [-0.05, 0) is 53.9 Å². The highest BCUT2D eigenvalue weighted by Crippen LogP contribution is 2.06. The highest BCUT2D eigenvalue weighted by molar-refractivity contribution is 6.59. The molecule has 102 valence electrons. The van der Waals surface area contributed by atoms with E-state index in [9.17, 15) is 0 Å². The fourth-order valence-corrected chi connectivity index (χ4v) is 1.58. The molecule has 4 nitrogen and oxygen atoms in total. The molecule has 0 spiro atoms. The van der Waals surface area contributed by atoms with Crippen LogP contribution in [0.3, 0.4) is 0 Å². The van der Waals surface area contributed by atoms with Crippen molar-refractivity contribution in [1.29, 1.82) is 0 Å². The maximum Gasteiger partial charge on any atom is 0.532 e. The highest BCUT2D eigenvalue weighted by atomic mass is 16.6. The van der Waals surface area contributed by atoms with Gasteiger partial charge in [0.2, 0.25) is 0 Å². The number of rotatable bonds is 7. The second-order valence-electron chi connectivity index (χ2n) is 5.24. The maximum atomic E-state index is 5.77. The zero-order chi connectivity index (χ0) is 13.7. The summed E-state index contributed by atoms with van der Waals surface area (Å²) in [6.07, 6.45) is 0.187. The van der Waals surface area contributed by atoms with E-state index in [0.29, 0.717) is 0 Å². The van der Waals surface area contributed by atoms with E-state index < -0.39 is 7.12 Å². The lowest BCUT2D eigenvalue weighted by molar-refractivity contribution is 0.135. The van der Waals surface area contributed by atoms with Gasteiger partial charge in [-0.15, -0.1) is 0 Å². The molecule has 5 heteroatoms. The van der Waals surface area contributed by atoms with E-state index in [0.717, 1.165) is 18.0 Å². The monoisotopic (exact) mass is 253 g/mol. The van der Waals surface area contributed by atoms with E-state index in [2.05, 4.69) is 4.90 Å². The Balaban J connectivity index is 2.74. The van der Waals surface area contributed by atoms with Crippen molar-refractivity contribution in [3.63, 3.8) is 0 Å². The van der Waals surface area contributed by atoms with Gasteiger partial charge in [-0.1, -0.05) is 0 Å². The minimum Gasteiger partial charge on any atom is -0.468 e. The first-order chi connectivity index (χ1) is 8.38. The molecule has 0 fully saturated rings. The topological polar surface area (TPSA) is 34.8 Å². The van der Waals surface area contributed by atoms with Crippen LogP contribution < -0.4 is 5.66 Å². The predicted octanol–water partition coefficient (Wildman–Crippen LogP) is 1.89. The van der Waals surface area contributed by atoms with Gasteiger partial charge >= 0.3 is 7.12 Å². The van der Waals surface area contributed by atoms with Gasteiger partial charge in [0.05, 0.1) is 6.54 Å². The van der Waals surface area contributed by atoms with E-state index in [1.54, 1.807) is 0 Å². The summed E-state index contributed by atoms with van der Waals surface area (Å²) in [6, 6.07) is 3.89. The molecule has 0 N–H and O–H groups in total. The summed E-state index contributed by atoms with van der Waals surface area (Å²) in [4.78, 5) is 2.06. The van der Waals surface area contributed by atoms with Crippen LogP contribution in [-0.2, 0) is 15.9 Å². The third kappa shape index (κ3) is 5.25. The Morgan fingerprint density at radius 1 is 1.11 bits per heavy atom. The zero-order valence-corrected chi connectivity index (χ0v) is 12.3. The molecule has 1 aromatic rings. The van der Waals surface area contributed by atoms with E-state index >= 15 is 0 Å². The van der Waals surface area contributed by atoms with Crippen LogP contribution in [0.2, 0.25) is 0 Å². The molecule has 0 unspecified atom stereocenters. The van der Waals surface area contributed by atoms with Crippen LogP contribution >= 0.6 is 0 Å². The normalized spacial score (nSPS) is 11.8. The van der Waals surface area contributed by atoms with Crippen molar-refractivity contribution in [2.24, 2.45) is 0 Å². The predicted molar refractivity (Wildman–Crippen MR) is 73.9 cm³/mol. The molecule has 18 heavy (non-hydrogen) atoms. The second-order valence-corrected chi connectivity index (χ2v) is 5.24. The summed E-state index contributed by atoms with van der Waals surface area (Å²) in [6.45, 7) is 8.72. The molecular formula is C13H24BNO3. The van der Waals surface area contributed by atoms with Gasteiger partial charge < -0.3 is 18.6 Å². The zero-order valence-electron chi connectivity index (χ0n) is 12.3. The maximum absolute atomic E-state index is 5.77. The molecule has 0 bridgehead atoms. The average molecular weight is 253 g/mol. The summed E-state index contributed by atoms with van der Waals surface area (Å²) in [5.74, 6) is 0.916. The first-order valence-corrected chi connectivity index (χ1v) is 6.42. The van der Waals surface area contributed by atoms with Crippen molar-refractivity contribution in [3.8, 4) is 0 Å². The molecule has 0 saturated heterocycles. The molecule has 0 amide bonds. The Bertz CT molecular complexity index is 340. The Morgan fingerprint density at radius 3 is 2.11 bits per heavy atom. The van der Waals surface area contributed by atoms with Crippen LogP contribution in [0.5, 0.6) is 0 Å². The first kappa shape index (κ1) is 15.3. The number of hydrogen-bond donors (Lipinski definition) is 0. The largest absolute Gasteiger partial charge is 0.532 e. The summed E-state index contributed by atoms with van der Waals surface area (Å²) in [7, 11) is 3.59. The first-order valence-electron chi connectivity index (χ1n) is 6.42. The fraction of sp³-hybridized carbons (Fsp3) is 0.692. The Labute approximate surface area is 110 Å². The van der Waals surface area contributed by atoms with Gasteiger partial charge in [-0.2, -0.15) is 0 Å². The van der Waals surface area contributed by atoms with Gasteiger partial charge in [0.1, 0.15) is 11.4 Å². The number of nitrogens with zero attached hydrogens (tertiary/aromatic N) is 1. The van der Waals surface area contributed by atoms with Crippen LogP contribution in [0, 0.1) is 0 Å². The molecule has 1 aromatic heterocycles. The summed E-state index contributed by atoms with van der Waals surface area (Å²) in [5.41, 5.74) is 0.731. The molecule has 0 aliphatic rings. The molecular weight excluding hydrogens is 229 g/mol. The van der Waals surface area contributed by atoms with Crippen molar-refractivity contribution in [2.75, 3.05) is 14.1 Å². The van der Waals surface area contributed by atoms with Crippen molar-refractivity contribution in [2.45, 2.75) is 46.4 Å². The summed E-state index contributed by atoms with van der Waals surface area (Å²) < 4.78 is 17.2. The standard InChI is InChI=1S/C13H24BNO3/c1-10(2)17-14(18-11(3)4)13-8-7-12(16-13)9-15(5)6/h7-8,10-11H,9H2,1-6H3. The lowest BCUT2D eigenvalue weighted by atomic mass is 9.85. The molecule has 0 aliphatic carbocycles. The van der Waals surface area contributed by atoms with Crippen LogP contribution in [-0.4, -0.2) is 38.3 Å². The fourth-order valence-electron chi connectivity index (χ4n) is 1.58. The van der Waals surface area contributed by atoms with Crippen molar-refractivity contribution in [3.05, 3.63) is 17.9 Å². The Hall–Kier alpha value is -0.775. The lowest BCUT2D eigenvalue weighted by Gasteiger charge is -2.17. The van der Waals surface area contributed by atoms with Crippen molar-refractivity contribution < 1.29 is 13.7 Å². The van der Waals surface area contributed by atoms with Gasteiger partial charge in [0, 0.05) is 12.2 Å². The smallest absolute Gasteiger partial charge is 0.468 e. The third-order valence-corrected chi connectivity index (χ3v) is 2.18. The molecule has 1 rings (SSSR count). The third-order valence-electron chi connectivity index (χ3n) is 2.18. The Kier molecular flexibility index (Phi) is 5.92. The van der Waals surface area contributed by atoms with E-state index in [1.165, 1.54) is 0 Å². The van der Waals surface area contributed by atoms with Crippen LogP contribution in [0.1, 0.15) is 33.5 Å². The SMILES string of the molecule is CC(C)OB(OC(C)C)c1ccc(CN(C)C)o1. The summed E-state index contributed by atoms with van der Waals surface area (Å²) in [5, 5.41) is 0. The average Bonchev–Trinajstić information content (AvgIpc) is 2.62. The van der Waals surface area contributed by atoms with Gasteiger partial charge in [0.15, 0.2) is 0 Å². The van der Waals surface area contributed by atoms with E-state index in [4.69, 9.17) is 13.7 Å². The van der Waals surface area contributed by atoms with Crippen LogP contribution in [0.4, 0.5) is 0 Å². The van der Waals surface area contributed by atoms with Crippen molar-refractivity contribution >= 4 is 12.8 Å². The quantitative estimate of drug-likeness (QED) is 0.695.